The molecule has 1 aliphatic heterocycles. The quantitative estimate of drug-likeness (QED) is 0.512. The van der Waals surface area contributed by atoms with Gasteiger partial charge in [0, 0.05) is 56.8 Å². The first-order valence-electron chi connectivity index (χ1n) is 9.69. The Bertz CT molecular complexity index is 1050. The summed E-state index contributed by atoms with van der Waals surface area (Å²) in [6, 6.07) is 12.6. The summed E-state index contributed by atoms with van der Waals surface area (Å²) in [4.78, 5) is 28.2. The van der Waals surface area contributed by atoms with Gasteiger partial charge in [0.2, 0.25) is 5.91 Å². The second kappa shape index (κ2) is 8.79. The second-order valence-electron chi connectivity index (χ2n) is 6.92. The lowest BCUT2D eigenvalue weighted by atomic mass is 10.2. The van der Waals surface area contributed by atoms with Crippen molar-refractivity contribution in [1.29, 1.82) is 0 Å². The maximum absolute atomic E-state index is 12.3. The number of nitrogens with zero attached hydrogens (tertiary/aromatic N) is 2. The van der Waals surface area contributed by atoms with E-state index in [-0.39, 0.29) is 11.5 Å². The number of para-hydroxylation sites is 1. The van der Waals surface area contributed by atoms with Gasteiger partial charge in [0.15, 0.2) is 0 Å². The lowest BCUT2D eigenvalue weighted by molar-refractivity contribution is -0.127. The molecule has 4 rings (SSSR count). The maximum Gasteiger partial charge on any atom is 0.338 e. The third-order valence-electron chi connectivity index (χ3n) is 5.01. The van der Waals surface area contributed by atoms with E-state index < -0.39 is 0 Å². The summed E-state index contributed by atoms with van der Waals surface area (Å²) in [6.07, 6.45) is 4.84. The van der Waals surface area contributed by atoms with Gasteiger partial charge >= 0.3 is 5.63 Å². The molecule has 0 atom stereocenters. The fourth-order valence-electron chi connectivity index (χ4n) is 3.44. The zero-order chi connectivity index (χ0) is 20.1. The number of amides is 1. The molecule has 0 saturated carbocycles. The van der Waals surface area contributed by atoms with E-state index in [4.69, 9.17) is 8.83 Å². The molecule has 29 heavy (non-hydrogen) atoms. The largest absolute Gasteiger partial charge is 0.465 e. The molecule has 150 valence electrons. The van der Waals surface area contributed by atoms with Crippen LogP contribution in [0.15, 0.2) is 68.4 Å². The van der Waals surface area contributed by atoms with E-state index >= 15 is 0 Å². The summed E-state index contributed by atoms with van der Waals surface area (Å²) in [5, 5.41) is 4.24. The number of fused-ring (bicyclic) bond motifs is 1. The molecule has 1 amide bonds. The summed E-state index contributed by atoms with van der Waals surface area (Å²) in [7, 11) is 0. The van der Waals surface area contributed by atoms with Crippen molar-refractivity contribution in [3.63, 3.8) is 0 Å². The van der Waals surface area contributed by atoms with Gasteiger partial charge in [-0.3, -0.25) is 9.69 Å². The Morgan fingerprint density at radius 3 is 2.72 bits per heavy atom. The molecule has 7 heteroatoms. The highest BCUT2D eigenvalue weighted by molar-refractivity contribution is 5.91. The van der Waals surface area contributed by atoms with Gasteiger partial charge in [0.1, 0.15) is 11.3 Å². The van der Waals surface area contributed by atoms with Crippen molar-refractivity contribution in [2.45, 2.75) is 0 Å². The van der Waals surface area contributed by atoms with Gasteiger partial charge < -0.3 is 19.1 Å². The van der Waals surface area contributed by atoms with Gasteiger partial charge in [-0.05, 0) is 30.3 Å². The minimum Gasteiger partial charge on any atom is -0.465 e. The number of piperazine rings is 1. The molecular weight excluding hydrogens is 370 g/mol. The van der Waals surface area contributed by atoms with E-state index in [9.17, 15) is 9.59 Å². The summed E-state index contributed by atoms with van der Waals surface area (Å²) >= 11 is 0. The van der Waals surface area contributed by atoms with Gasteiger partial charge in [-0.2, -0.15) is 0 Å². The van der Waals surface area contributed by atoms with Crippen molar-refractivity contribution < 1.29 is 13.6 Å². The van der Waals surface area contributed by atoms with Crippen molar-refractivity contribution in [1.82, 2.24) is 9.80 Å². The zero-order valence-corrected chi connectivity index (χ0v) is 16.0. The van der Waals surface area contributed by atoms with Crippen LogP contribution in [0.2, 0.25) is 0 Å². The fraction of sp³-hybridized carbons (Fsp3) is 0.273. The predicted molar refractivity (Wildman–Crippen MR) is 112 cm³/mol. The molecule has 1 aliphatic rings. The first kappa shape index (κ1) is 19.0. The average Bonchev–Trinajstić information content (AvgIpc) is 3.26. The number of hydrogen-bond donors (Lipinski definition) is 1. The molecule has 3 aromatic rings. The third kappa shape index (κ3) is 4.75. The minimum atomic E-state index is -0.360. The third-order valence-corrected chi connectivity index (χ3v) is 5.01. The SMILES string of the molecule is O=C(/C=C/c1ccco1)N1CCN(CCNc2cc(=O)oc3ccccc23)CC1. The smallest absolute Gasteiger partial charge is 0.338 e. The van der Waals surface area contributed by atoms with E-state index in [1.54, 1.807) is 30.5 Å². The molecule has 0 spiro atoms. The van der Waals surface area contributed by atoms with Crippen LogP contribution in [0.3, 0.4) is 0 Å². The standard InChI is InChI=1S/C22H23N3O4/c26-21(8-7-17-4-3-15-28-17)25-13-11-24(12-14-25)10-9-23-19-16-22(27)29-20-6-2-1-5-18(19)20/h1-8,15-16,23H,9-14H2/b8-7+. The maximum atomic E-state index is 12.3. The van der Waals surface area contributed by atoms with Gasteiger partial charge in [0.05, 0.1) is 12.0 Å². The summed E-state index contributed by atoms with van der Waals surface area (Å²) in [5.74, 6) is 0.673. The Morgan fingerprint density at radius 1 is 1.10 bits per heavy atom. The lowest BCUT2D eigenvalue weighted by Crippen LogP contribution is -2.49. The van der Waals surface area contributed by atoms with Crippen LogP contribution in [0.25, 0.3) is 17.0 Å². The molecule has 2 aromatic heterocycles. The van der Waals surface area contributed by atoms with E-state index in [1.807, 2.05) is 29.2 Å². The van der Waals surface area contributed by atoms with Gasteiger partial charge in [-0.25, -0.2) is 4.79 Å². The number of benzene rings is 1. The average molecular weight is 393 g/mol. The Labute approximate surface area is 168 Å². The van der Waals surface area contributed by atoms with Gasteiger partial charge in [0.25, 0.3) is 0 Å². The molecule has 1 saturated heterocycles. The minimum absolute atomic E-state index is 0.00153. The van der Waals surface area contributed by atoms with Crippen LogP contribution in [0.1, 0.15) is 5.76 Å². The normalized spacial score (nSPS) is 15.2. The lowest BCUT2D eigenvalue weighted by Gasteiger charge is -2.34. The highest BCUT2D eigenvalue weighted by atomic mass is 16.4. The van der Waals surface area contributed by atoms with Crippen LogP contribution in [-0.2, 0) is 4.79 Å². The Kier molecular flexibility index (Phi) is 5.76. The molecule has 1 N–H and O–H groups in total. The number of carbonyl (C=O) groups is 1. The summed E-state index contributed by atoms with van der Waals surface area (Å²) in [6.45, 7) is 4.57. The number of carbonyl (C=O) groups excluding carboxylic acids is 1. The monoisotopic (exact) mass is 393 g/mol. The van der Waals surface area contributed by atoms with E-state index in [2.05, 4.69) is 10.2 Å². The number of anilines is 1. The van der Waals surface area contributed by atoms with E-state index in [1.165, 1.54) is 6.07 Å². The van der Waals surface area contributed by atoms with Crippen molar-refractivity contribution in [2.24, 2.45) is 0 Å². The molecule has 1 aromatic carbocycles. The van der Waals surface area contributed by atoms with Crippen LogP contribution in [0, 0.1) is 0 Å². The van der Waals surface area contributed by atoms with E-state index in [0.29, 0.717) is 31.0 Å². The first-order valence-corrected chi connectivity index (χ1v) is 9.69. The number of furan rings is 1. The molecule has 0 radical (unpaired) electrons. The van der Waals surface area contributed by atoms with Gasteiger partial charge in [-0.1, -0.05) is 12.1 Å². The highest BCUT2D eigenvalue weighted by Crippen LogP contribution is 2.20. The van der Waals surface area contributed by atoms with E-state index in [0.717, 1.165) is 30.7 Å². The van der Waals surface area contributed by atoms with Crippen LogP contribution in [-0.4, -0.2) is 55.0 Å². The Morgan fingerprint density at radius 2 is 1.93 bits per heavy atom. The number of rotatable bonds is 6. The molecule has 1 fully saturated rings. The first-order chi connectivity index (χ1) is 14.2. The van der Waals surface area contributed by atoms with Crippen molar-refractivity contribution in [3.8, 4) is 0 Å². The summed E-state index contributed by atoms with van der Waals surface area (Å²) in [5.41, 5.74) is 1.01. The number of hydrogen-bond acceptors (Lipinski definition) is 6. The predicted octanol–water partition coefficient (Wildman–Crippen LogP) is 2.66. The molecule has 0 aliphatic carbocycles. The Balaban J connectivity index is 1.26. The second-order valence-corrected chi connectivity index (χ2v) is 6.92. The molecular formula is C22H23N3O4. The molecule has 0 bridgehead atoms. The van der Waals surface area contributed by atoms with Crippen molar-refractivity contribution in [3.05, 3.63) is 71.0 Å². The zero-order valence-electron chi connectivity index (χ0n) is 16.0. The number of nitrogens with one attached hydrogen (secondary N) is 1. The van der Waals surface area contributed by atoms with Crippen LogP contribution >= 0.6 is 0 Å². The molecule has 3 heterocycles. The van der Waals surface area contributed by atoms with Crippen LogP contribution in [0.4, 0.5) is 5.69 Å². The molecule has 0 unspecified atom stereocenters. The Hall–Kier alpha value is -3.32. The molecule has 7 nitrogen and oxygen atoms in total. The van der Waals surface area contributed by atoms with Crippen LogP contribution < -0.4 is 10.9 Å². The van der Waals surface area contributed by atoms with Gasteiger partial charge in [-0.15, -0.1) is 0 Å². The summed E-state index contributed by atoms with van der Waals surface area (Å²) < 4.78 is 10.4. The van der Waals surface area contributed by atoms with Crippen molar-refractivity contribution in [2.75, 3.05) is 44.6 Å². The van der Waals surface area contributed by atoms with Crippen LogP contribution in [0.5, 0.6) is 0 Å². The van der Waals surface area contributed by atoms with Crippen molar-refractivity contribution >= 4 is 28.6 Å². The fourth-order valence-corrected chi connectivity index (χ4v) is 3.44. The topological polar surface area (TPSA) is 78.9 Å². The highest BCUT2D eigenvalue weighted by Gasteiger charge is 2.19.